The number of aromatic nitrogens is 2. The number of hydrogen-bond donors (Lipinski definition) is 2. The summed E-state index contributed by atoms with van der Waals surface area (Å²) in [7, 11) is 0. The molecule has 2 amide bonds. The van der Waals surface area contributed by atoms with Crippen molar-refractivity contribution < 1.29 is 9.59 Å². The number of amides is 2. The summed E-state index contributed by atoms with van der Waals surface area (Å²) in [5.74, 6) is -0.485. The SMILES string of the molecule is CCCn1c(=O)n(CC(=O)Nc2cc(NC(C)=O)ccc2C)c2ccccc21. The molecule has 7 nitrogen and oxygen atoms in total. The average Bonchev–Trinajstić information content (AvgIpc) is 2.90. The maximum absolute atomic E-state index is 12.8. The summed E-state index contributed by atoms with van der Waals surface area (Å²) >= 11 is 0. The van der Waals surface area contributed by atoms with Crippen molar-refractivity contribution in [3.8, 4) is 0 Å². The molecule has 0 aliphatic rings. The fourth-order valence-electron chi connectivity index (χ4n) is 3.24. The molecule has 3 aromatic rings. The Balaban J connectivity index is 1.87. The zero-order valence-corrected chi connectivity index (χ0v) is 16.3. The summed E-state index contributed by atoms with van der Waals surface area (Å²) in [6.45, 7) is 5.82. The molecule has 0 unspecified atom stereocenters. The third-order valence-electron chi connectivity index (χ3n) is 4.51. The summed E-state index contributed by atoms with van der Waals surface area (Å²) in [6.07, 6.45) is 0.829. The second-order valence-electron chi connectivity index (χ2n) is 6.77. The van der Waals surface area contributed by atoms with Crippen LogP contribution in [0.25, 0.3) is 11.0 Å². The van der Waals surface area contributed by atoms with E-state index in [1.807, 2.05) is 44.2 Å². The van der Waals surface area contributed by atoms with Crippen LogP contribution in [-0.2, 0) is 22.7 Å². The highest BCUT2D eigenvalue weighted by atomic mass is 16.2. The van der Waals surface area contributed by atoms with Gasteiger partial charge in [-0.25, -0.2) is 4.79 Å². The molecule has 0 aliphatic carbocycles. The fourth-order valence-corrected chi connectivity index (χ4v) is 3.24. The van der Waals surface area contributed by atoms with Crippen LogP contribution in [0.15, 0.2) is 47.3 Å². The van der Waals surface area contributed by atoms with Crippen molar-refractivity contribution in [3.05, 3.63) is 58.5 Å². The largest absolute Gasteiger partial charge is 0.329 e. The summed E-state index contributed by atoms with van der Waals surface area (Å²) in [5.41, 5.74) is 3.43. The van der Waals surface area contributed by atoms with Crippen LogP contribution >= 0.6 is 0 Å². The Hall–Kier alpha value is -3.35. The third-order valence-corrected chi connectivity index (χ3v) is 4.51. The zero-order chi connectivity index (χ0) is 20.3. The monoisotopic (exact) mass is 380 g/mol. The second-order valence-corrected chi connectivity index (χ2v) is 6.77. The van der Waals surface area contributed by atoms with E-state index in [9.17, 15) is 14.4 Å². The molecule has 0 bridgehead atoms. The van der Waals surface area contributed by atoms with Crippen molar-refractivity contribution in [2.24, 2.45) is 0 Å². The highest BCUT2D eigenvalue weighted by Gasteiger charge is 2.15. The minimum absolute atomic E-state index is 0.0835. The molecule has 146 valence electrons. The van der Waals surface area contributed by atoms with Crippen molar-refractivity contribution in [1.82, 2.24) is 9.13 Å². The summed E-state index contributed by atoms with van der Waals surface area (Å²) in [6, 6.07) is 12.8. The Morgan fingerprint density at radius 2 is 1.68 bits per heavy atom. The molecule has 0 aliphatic heterocycles. The number of rotatable bonds is 6. The van der Waals surface area contributed by atoms with Crippen molar-refractivity contribution in [2.75, 3.05) is 10.6 Å². The van der Waals surface area contributed by atoms with Crippen LogP contribution in [-0.4, -0.2) is 20.9 Å². The fraction of sp³-hybridized carbons (Fsp3) is 0.286. The van der Waals surface area contributed by atoms with Gasteiger partial charge in [0.05, 0.1) is 11.0 Å². The standard InChI is InChI=1S/C21H24N4O3/c1-4-11-24-18-7-5-6-8-19(18)25(21(24)28)13-20(27)23-17-12-16(22-15(3)26)10-9-14(17)2/h5-10,12H,4,11,13H2,1-3H3,(H,22,26)(H,23,27). The van der Waals surface area contributed by atoms with Crippen LogP contribution in [0.2, 0.25) is 0 Å². The van der Waals surface area contributed by atoms with Crippen LogP contribution < -0.4 is 16.3 Å². The molecule has 28 heavy (non-hydrogen) atoms. The number of anilines is 2. The summed E-state index contributed by atoms with van der Waals surface area (Å²) in [5, 5.41) is 5.54. The van der Waals surface area contributed by atoms with Crippen LogP contribution in [0.1, 0.15) is 25.8 Å². The van der Waals surface area contributed by atoms with E-state index in [4.69, 9.17) is 0 Å². The number of aryl methyl sites for hydroxylation is 2. The summed E-state index contributed by atoms with van der Waals surface area (Å²) < 4.78 is 3.19. The Bertz CT molecular complexity index is 1090. The van der Waals surface area contributed by atoms with E-state index >= 15 is 0 Å². The molecule has 0 fully saturated rings. The molecule has 3 rings (SSSR count). The first kappa shape index (κ1) is 19.4. The number of para-hydroxylation sites is 2. The van der Waals surface area contributed by atoms with E-state index < -0.39 is 0 Å². The predicted molar refractivity (Wildman–Crippen MR) is 111 cm³/mol. The molecule has 0 spiro atoms. The highest BCUT2D eigenvalue weighted by molar-refractivity contribution is 5.94. The smallest absolute Gasteiger partial charge is 0.326 e. The Morgan fingerprint density at radius 3 is 2.32 bits per heavy atom. The van der Waals surface area contributed by atoms with Gasteiger partial charge in [-0.15, -0.1) is 0 Å². The van der Waals surface area contributed by atoms with Crippen LogP contribution in [0, 0.1) is 6.92 Å². The lowest BCUT2D eigenvalue weighted by molar-refractivity contribution is -0.117. The normalized spacial score (nSPS) is 10.8. The second kappa shape index (κ2) is 8.12. The van der Waals surface area contributed by atoms with Gasteiger partial charge >= 0.3 is 5.69 Å². The molecule has 0 atom stereocenters. The van der Waals surface area contributed by atoms with E-state index in [0.29, 0.717) is 17.9 Å². The number of imidazole rings is 1. The van der Waals surface area contributed by atoms with Crippen molar-refractivity contribution in [3.63, 3.8) is 0 Å². The topological polar surface area (TPSA) is 85.1 Å². The molecule has 1 heterocycles. The number of nitrogens with one attached hydrogen (secondary N) is 2. The van der Waals surface area contributed by atoms with Gasteiger partial charge < -0.3 is 10.6 Å². The minimum Gasteiger partial charge on any atom is -0.326 e. The molecule has 0 radical (unpaired) electrons. The third kappa shape index (κ3) is 3.98. The van der Waals surface area contributed by atoms with Crippen LogP contribution in [0.4, 0.5) is 11.4 Å². The predicted octanol–water partition coefficient (Wildman–Crippen LogP) is 3.12. The van der Waals surface area contributed by atoms with E-state index in [2.05, 4.69) is 10.6 Å². The molecular weight excluding hydrogens is 356 g/mol. The van der Waals surface area contributed by atoms with E-state index in [1.165, 1.54) is 11.5 Å². The Kier molecular flexibility index (Phi) is 5.63. The van der Waals surface area contributed by atoms with Gasteiger partial charge in [-0.05, 0) is 43.2 Å². The number of carbonyl (C=O) groups excluding carboxylic acids is 2. The van der Waals surface area contributed by atoms with Gasteiger partial charge in [0.25, 0.3) is 0 Å². The Labute approximate surface area is 163 Å². The first-order valence-corrected chi connectivity index (χ1v) is 9.27. The molecule has 2 N–H and O–H groups in total. The molecule has 7 heteroatoms. The number of nitrogens with zero attached hydrogens (tertiary/aromatic N) is 2. The first-order chi connectivity index (χ1) is 13.4. The van der Waals surface area contributed by atoms with Gasteiger partial charge in [-0.3, -0.25) is 18.7 Å². The molecular formula is C21H24N4O3. The molecule has 2 aromatic carbocycles. The summed E-state index contributed by atoms with van der Waals surface area (Å²) in [4.78, 5) is 36.7. The van der Waals surface area contributed by atoms with Crippen molar-refractivity contribution >= 4 is 34.2 Å². The van der Waals surface area contributed by atoms with Gasteiger partial charge in [0, 0.05) is 24.8 Å². The molecule has 0 saturated carbocycles. The number of fused-ring (bicyclic) bond motifs is 1. The van der Waals surface area contributed by atoms with Gasteiger partial charge in [-0.1, -0.05) is 25.1 Å². The molecule has 1 aromatic heterocycles. The lowest BCUT2D eigenvalue weighted by Crippen LogP contribution is -2.29. The average molecular weight is 380 g/mol. The number of benzene rings is 2. The van der Waals surface area contributed by atoms with Crippen molar-refractivity contribution in [2.45, 2.75) is 40.3 Å². The molecule has 0 saturated heterocycles. The van der Waals surface area contributed by atoms with Gasteiger partial charge in [0.1, 0.15) is 6.54 Å². The number of hydrogen-bond acceptors (Lipinski definition) is 3. The quantitative estimate of drug-likeness (QED) is 0.689. The van der Waals surface area contributed by atoms with Gasteiger partial charge in [-0.2, -0.15) is 0 Å². The maximum atomic E-state index is 12.8. The lowest BCUT2D eigenvalue weighted by Gasteiger charge is -2.11. The van der Waals surface area contributed by atoms with Crippen LogP contribution in [0.5, 0.6) is 0 Å². The first-order valence-electron chi connectivity index (χ1n) is 9.27. The van der Waals surface area contributed by atoms with E-state index in [1.54, 1.807) is 16.7 Å². The minimum atomic E-state index is -0.301. The zero-order valence-electron chi connectivity index (χ0n) is 16.3. The number of carbonyl (C=O) groups is 2. The van der Waals surface area contributed by atoms with Gasteiger partial charge in [0.2, 0.25) is 11.8 Å². The Morgan fingerprint density at radius 1 is 1.00 bits per heavy atom. The maximum Gasteiger partial charge on any atom is 0.329 e. The highest BCUT2D eigenvalue weighted by Crippen LogP contribution is 2.21. The van der Waals surface area contributed by atoms with Crippen molar-refractivity contribution in [1.29, 1.82) is 0 Å². The van der Waals surface area contributed by atoms with Crippen LogP contribution in [0.3, 0.4) is 0 Å². The lowest BCUT2D eigenvalue weighted by atomic mass is 10.1. The van der Waals surface area contributed by atoms with E-state index in [0.717, 1.165) is 23.0 Å². The van der Waals surface area contributed by atoms with Gasteiger partial charge in [0.15, 0.2) is 0 Å². The van der Waals surface area contributed by atoms with E-state index in [-0.39, 0.29) is 24.0 Å².